The van der Waals surface area contributed by atoms with Gasteiger partial charge in [-0.3, -0.25) is 4.90 Å². The van der Waals surface area contributed by atoms with E-state index in [-0.39, 0.29) is 0 Å². The second kappa shape index (κ2) is 9.54. The number of rotatable bonds is 8. The van der Waals surface area contributed by atoms with Crippen LogP contribution in [0.25, 0.3) is 0 Å². The molecular formula is C21H31ClN4. The van der Waals surface area contributed by atoms with Crippen LogP contribution < -0.4 is 0 Å². The molecule has 0 unspecified atom stereocenters. The highest BCUT2D eigenvalue weighted by Gasteiger charge is 2.21. The van der Waals surface area contributed by atoms with Crippen LogP contribution in [-0.4, -0.2) is 52.6 Å². The summed E-state index contributed by atoms with van der Waals surface area (Å²) >= 11 is 5.98. The monoisotopic (exact) mass is 374 g/mol. The molecule has 142 valence electrons. The van der Waals surface area contributed by atoms with Gasteiger partial charge in [0.1, 0.15) is 5.82 Å². The fraction of sp³-hybridized carbons (Fsp3) is 0.571. The first kappa shape index (κ1) is 19.4. The molecule has 2 aromatic rings. The Morgan fingerprint density at radius 3 is 2.85 bits per heavy atom. The molecule has 5 heteroatoms. The van der Waals surface area contributed by atoms with Gasteiger partial charge >= 0.3 is 0 Å². The zero-order valence-corrected chi connectivity index (χ0v) is 16.8. The van der Waals surface area contributed by atoms with E-state index < -0.39 is 0 Å². The molecule has 1 aromatic carbocycles. The summed E-state index contributed by atoms with van der Waals surface area (Å²) < 4.78 is 2.23. The summed E-state index contributed by atoms with van der Waals surface area (Å²) in [5.74, 6) is 1.93. The van der Waals surface area contributed by atoms with Gasteiger partial charge in [0.05, 0.1) is 6.54 Å². The molecule has 0 spiro atoms. The summed E-state index contributed by atoms with van der Waals surface area (Å²) in [6, 6.07) is 8.27. The maximum atomic E-state index is 5.98. The first-order valence-electron chi connectivity index (χ1n) is 9.79. The molecule has 0 aliphatic carbocycles. The molecule has 1 aliphatic rings. The van der Waals surface area contributed by atoms with Crippen LogP contribution in [0.3, 0.4) is 0 Å². The third kappa shape index (κ3) is 5.57. The standard InChI is InChI=1S/C21H31ClN4/c1-3-26-14-11-23-21(26)17-24(2)15-19-5-4-12-25(16-19)13-10-18-6-8-20(22)9-7-18/h6-9,11,14,19H,3-5,10,12-13,15-17H2,1-2H3/t19-/m1/s1. The summed E-state index contributed by atoms with van der Waals surface area (Å²) in [4.78, 5) is 9.57. The van der Waals surface area contributed by atoms with Gasteiger partial charge in [0.25, 0.3) is 0 Å². The number of aromatic nitrogens is 2. The van der Waals surface area contributed by atoms with Crippen LogP contribution >= 0.6 is 11.6 Å². The Labute approximate surface area is 162 Å². The second-order valence-corrected chi connectivity index (χ2v) is 7.95. The number of benzene rings is 1. The third-order valence-corrected chi connectivity index (χ3v) is 5.61. The Bertz CT molecular complexity index is 667. The number of likely N-dealkylation sites (tertiary alicyclic amines) is 1. The summed E-state index contributed by atoms with van der Waals surface area (Å²) in [6.45, 7) is 8.82. The van der Waals surface area contributed by atoms with E-state index in [9.17, 15) is 0 Å². The van der Waals surface area contributed by atoms with E-state index in [2.05, 4.69) is 51.7 Å². The highest BCUT2D eigenvalue weighted by Crippen LogP contribution is 2.19. The summed E-state index contributed by atoms with van der Waals surface area (Å²) in [5.41, 5.74) is 1.38. The summed E-state index contributed by atoms with van der Waals surface area (Å²) in [6.07, 6.45) is 7.73. The van der Waals surface area contributed by atoms with E-state index in [1.54, 1.807) is 0 Å². The smallest absolute Gasteiger partial charge is 0.122 e. The minimum absolute atomic E-state index is 0.754. The largest absolute Gasteiger partial charge is 0.334 e. The third-order valence-electron chi connectivity index (χ3n) is 5.36. The number of piperidine rings is 1. The van der Waals surface area contributed by atoms with Crippen LogP contribution in [0.4, 0.5) is 0 Å². The summed E-state index contributed by atoms with van der Waals surface area (Å²) in [7, 11) is 2.22. The van der Waals surface area contributed by atoms with Crippen LogP contribution in [0.1, 0.15) is 31.2 Å². The minimum Gasteiger partial charge on any atom is -0.334 e. The SMILES string of the molecule is CCn1ccnc1CN(C)C[C@H]1CCCN(CCc2ccc(Cl)cc2)C1. The number of aryl methyl sites for hydroxylation is 1. The van der Waals surface area contributed by atoms with Crippen molar-refractivity contribution in [2.24, 2.45) is 5.92 Å². The lowest BCUT2D eigenvalue weighted by Crippen LogP contribution is -2.41. The molecular weight excluding hydrogens is 344 g/mol. The maximum absolute atomic E-state index is 5.98. The lowest BCUT2D eigenvalue weighted by Gasteiger charge is -2.34. The first-order valence-corrected chi connectivity index (χ1v) is 10.2. The normalized spacial score (nSPS) is 18.5. The van der Waals surface area contributed by atoms with Crippen molar-refractivity contribution < 1.29 is 0 Å². The topological polar surface area (TPSA) is 24.3 Å². The number of imidazole rings is 1. The van der Waals surface area contributed by atoms with E-state index in [0.29, 0.717) is 0 Å². The van der Waals surface area contributed by atoms with Crippen molar-refractivity contribution in [1.29, 1.82) is 0 Å². The van der Waals surface area contributed by atoms with Crippen LogP contribution in [0, 0.1) is 5.92 Å². The first-order chi connectivity index (χ1) is 12.6. The van der Waals surface area contributed by atoms with Gasteiger partial charge in [-0.2, -0.15) is 0 Å². The van der Waals surface area contributed by atoms with Gasteiger partial charge in [0.2, 0.25) is 0 Å². The van der Waals surface area contributed by atoms with E-state index in [1.165, 1.54) is 37.3 Å². The molecule has 1 aliphatic heterocycles. The van der Waals surface area contributed by atoms with Crippen molar-refractivity contribution in [3.05, 3.63) is 53.1 Å². The van der Waals surface area contributed by atoms with Crippen LogP contribution in [0.5, 0.6) is 0 Å². The fourth-order valence-electron chi connectivity index (χ4n) is 3.97. The number of halogens is 1. The molecule has 0 N–H and O–H groups in total. The Hall–Kier alpha value is -1.36. The van der Waals surface area contributed by atoms with Crippen molar-refractivity contribution in [2.45, 2.75) is 39.3 Å². The highest BCUT2D eigenvalue weighted by molar-refractivity contribution is 6.30. The average molecular weight is 375 g/mol. The molecule has 2 heterocycles. The van der Waals surface area contributed by atoms with Gasteiger partial charge in [-0.25, -0.2) is 4.98 Å². The van der Waals surface area contributed by atoms with Crippen molar-refractivity contribution in [3.8, 4) is 0 Å². The quantitative estimate of drug-likeness (QED) is 0.699. The lowest BCUT2D eigenvalue weighted by molar-refractivity contribution is 0.141. The molecule has 1 atom stereocenters. The molecule has 3 rings (SSSR count). The molecule has 26 heavy (non-hydrogen) atoms. The molecule has 0 saturated carbocycles. The van der Waals surface area contributed by atoms with Crippen molar-refractivity contribution >= 4 is 11.6 Å². The predicted molar refractivity (Wildman–Crippen MR) is 109 cm³/mol. The van der Waals surface area contributed by atoms with Crippen molar-refractivity contribution in [1.82, 2.24) is 19.4 Å². The van der Waals surface area contributed by atoms with Gasteiger partial charge in [-0.15, -0.1) is 0 Å². The van der Waals surface area contributed by atoms with Gasteiger partial charge in [0.15, 0.2) is 0 Å². The van der Waals surface area contributed by atoms with Crippen LogP contribution in [-0.2, 0) is 19.5 Å². The van der Waals surface area contributed by atoms with E-state index in [1.807, 2.05) is 18.3 Å². The Morgan fingerprint density at radius 1 is 1.27 bits per heavy atom. The van der Waals surface area contributed by atoms with Gasteiger partial charge in [-0.05, 0) is 63.4 Å². The van der Waals surface area contributed by atoms with Crippen LogP contribution in [0.2, 0.25) is 5.02 Å². The highest BCUT2D eigenvalue weighted by atomic mass is 35.5. The predicted octanol–water partition coefficient (Wildman–Crippen LogP) is 3.94. The van der Waals surface area contributed by atoms with E-state index in [0.717, 1.165) is 43.5 Å². The Kier molecular flexibility index (Phi) is 7.12. The maximum Gasteiger partial charge on any atom is 0.122 e. The number of nitrogens with zero attached hydrogens (tertiary/aromatic N) is 4. The van der Waals surface area contributed by atoms with E-state index in [4.69, 9.17) is 11.6 Å². The zero-order chi connectivity index (χ0) is 18.4. The molecule has 1 saturated heterocycles. The Balaban J connectivity index is 1.44. The van der Waals surface area contributed by atoms with Gasteiger partial charge in [-0.1, -0.05) is 23.7 Å². The van der Waals surface area contributed by atoms with Gasteiger partial charge in [0, 0.05) is 43.6 Å². The van der Waals surface area contributed by atoms with Crippen molar-refractivity contribution in [2.75, 3.05) is 33.2 Å². The molecule has 0 bridgehead atoms. The zero-order valence-electron chi connectivity index (χ0n) is 16.1. The molecule has 1 aromatic heterocycles. The molecule has 1 fully saturated rings. The minimum atomic E-state index is 0.754. The Morgan fingerprint density at radius 2 is 2.08 bits per heavy atom. The molecule has 0 amide bonds. The lowest BCUT2D eigenvalue weighted by atomic mass is 9.97. The van der Waals surface area contributed by atoms with Crippen LogP contribution in [0.15, 0.2) is 36.7 Å². The summed E-state index contributed by atoms with van der Waals surface area (Å²) in [5, 5.41) is 0.818. The molecule has 4 nitrogen and oxygen atoms in total. The second-order valence-electron chi connectivity index (χ2n) is 7.51. The van der Waals surface area contributed by atoms with Gasteiger partial charge < -0.3 is 9.47 Å². The molecule has 0 radical (unpaired) electrons. The number of hydrogen-bond donors (Lipinski definition) is 0. The van der Waals surface area contributed by atoms with E-state index >= 15 is 0 Å². The number of hydrogen-bond acceptors (Lipinski definition) is 3. The van der Waals surface area contributed by atoms with Crippen molar-refractivity contribution in [3.63, 3.8) is 0 Å². The fourth-order valence-corrected chi connectivity index (χ4v) is 4.09. The average Bonchev–Trinajstić information content (AvgIpc) is 3.08.